The summed E-state index contributed by atoms with van der Waals surface area (Å²) in [6.45, 7) is 10.8. The van der Waals surface area contributed by atoms with Crippen LogP contribution in [-0.4, -0.2) is 23.4 Å². The molecular weight excluding hydrogens is 414 g/mol. The topological polar surface area (TPSA) is 38.8 Å². The molecule has 0 radical (unpaired) electrons. The Kier molecular flexibility index (Phi) is 7.34. The van der Waals surface area contributed by atoms with Crippen LogP contribution in [0.2, 0.25) is 0 Å². The first-order valence-electron chi connectivity index (χ1n) is 9.86. The van der Waals surface area contributed by atoms with Crippen molar-refractivity contribution in [3.63, 3.8) is 0 Å². The van der Waals surface area contributed by atoms with Crippen LogP contribution in [0.1, 0.15) is 30.5 Å². The van der Waals surface area contributed by atoms with Gasteiger partial charge in [0, 0.05) is 5.56 Å². The standard InChI is InChI=1S/C24H25NO3S2/c1-5-9-18-13-17(14-20(27-6-2)22(18)28-7-3)15-21-23(26)25(24(29)30-21)19-11-8-10-16(4)12-19/h5,8,10-15H,1,6-7,9H2,2-4H3/b21-15-. The fourth-order valence-electron chi connectivity index (χ4n) is 3.25. The summed E-state index contributed by atoms with van der Waals surface area (Å²) in [4.78, 5) is 15.3. The molecule has 3 rings (SSSR count). The van der Waals surface area contributed by atoms with Gasteiger partial charge >= 0.3 is 0 Å². The van der Waals surface area contributed by atoms with Crippen LogP contribution >= 0.6 is 24.0 Å². The summed E-state index contributed by atoms with van der Waals surface area (Å²) in [7, 11) is 0. The highest BCUT2D eigenvalue weighted by atomic mass is 32.2. The normalized spacial score (nSPS) is 15.0. The van der Waals surface area contributed by atoms with Crippen molar-refractivity contribution in [2.45, 2.75) is 27.2 Å². The van der Waals surface area contributed by atoms with E-state index in [9.17, 15) is 4.79 Å². The number of rotatable bonds is 8. The first kappa shape index (κ1) is 22.1. The number of ether oxygens (including phenoxy) is 2. The van der Waals surface area contributed by atoms with E-state index in [1.54, 1.807) is 4.90 Å². The summed E-state index contributed by atoms with van der Waals surface area (Å²) in [5.74, 6) is 1.27. The molecule has 0 unspecified atom stereocenters. The van der Waals surface area contributed by atoms with Gasteiger partial charge in [-0.25, -0.2) is 0 Å². The van der Waals surface area contributed by atoms with Crippen LogP contribution < -0.4 is 14.4 Å². The fraction of sp³-hybridized carbons (Fsp3) is 0.250. The largest absolute Gasteiger partial charge is 0.490 e. The van der Waals surface area contributed by atoms with E-state index in [4.69, 9.17) is 21.7 Å². The Morgan fingerprint density at radius 1 is 1.17 bits per heavy atom. The minimum absolute atomic E-state index is 0.118. The molecule has 0 saturated carbocycles. The summed E-state index contributed by atoms with van der Waals surface area (Å²) in [5.41, 5.74) is 3.70. The molecule has 1 aliphatic rings. The van der Waals surface area contributed by atoms with Gasteiger partial charge in [-0.05, 0) is 68.7 Å². The Labute approximate surface area is 187 Å². The van der Waals surface area contributed by atoms with Gasteiger partial charge in [0.1, 0.15) is 0 Å². The van der Waals surface area contributed by atoms with Crippen molar-refractivity contribution in [2.75, 3.05) is 18.1 Å². The average Bonchev–Trinajstić information content (AvgIpc) is 2.98. The predicted molar refractivity (Wildman–Crippen MR) is 130 cm³/mol. The molecule has 4 nitrogen and oxygen atoms in total. The van der Waals surface area contributed by atoms with E-state index >= 15 is 0 Å². The van der Waals surface area contributed by atoms with Crippen LogP contribution in [-0.2, 0) is 11.2 Å². The van der Waals surface area contributed by atoms with Gasteiger partial charge in [0.15, 0.2) is 15.8 Å². The molecule has 1 amide bonds. The van der Waals surface area contributed by atoms with E-state index in [0.717, 1.165) is 28.1 Å². The SMILES string of the molecule is C=CCc1cc(/C=C2\SC(=S)N(c3cccc(C)c3)C2=O)cc(OCC)c1OCC. The minimum atomic E-state index is -0.118. The number of aryl methyl sites for hydroxylation is 1. The molecular formula is C24H25NO3S2. The monoisotopic (exact) mass is 439 g/mol. The number of hydrogen-bond donors (Lipinski definition) is 0. The summed E-state index contributed by atoms with van der Waals surface area (Å²) >= 11 is 6.80. The van der Waals surface area contributed by atoms with Crippen molar-refractivity contribution >= 4 is 46.0 Å². The van der Waals surface area contributed by atoms with Crippen molar-refractivity contribution < 1.29 is 14.3 Å². The van der Waals surface area contributed by atoms with Crippen LogP contribution in [0.5, 0.6) is 11.5 Å². The number of benzene rings is 2. The molecule has 2 aromatic rings. The molecule has 1 saturated heterocycles. The molecule has 1 fully saturated rings. The number of carbonyl (C=O) groups is 1. The van der Waals surface area contributed by atoms with E-state index < -0.39 is 0 Å². The molecule has 0 N–H and O–H groups in total. The Morgan fingerprint density at radius 2 is 1.93 bits per heavy atom. The smallest absolute Gasteiger partial charge is 0.270 e. The maximum atomic E-state index is 13.1. The van der Waals surface area contributed by atoms with Crippen molar-refractivity contribution in [3.05, 3.63) is 70.6 Å². The molecule has 0 aromatic heterocycles. The number of thioether (sulfide) groups is 1. The Balaban J connectivity index is 2.00. The quantitative estimate of drug-likeness (QED) is 0.290. The molecule has 30 heavy (non-hydrogen) atoms. The van der Waals surface area contributed by atoms with Gasteiger partial charge in [-0.15, -0.1) is 6.58 Å². The first-order chi connectivity index (χ1) is 14.5. The van der Waals surface area contributed by atoms with Gasteiger partial charge in [0.25, 0.3) is 5.91 Å². The van der Waals surface area contributed by atoms with Gasteiger partial charge < -0.3 is 9.47 Å². The summed E-state index contributed by atoms with van der Waals surface area (Å²) in [5, 5.41) is 0. The van der Waals surface area contributed by atoms with Gasteiger partial charge in [0.2, 0.25) is 0 Å². The molecule has 0 bridgehead atoms. The number of carbonyl (C=O) groups excluding carboxylic acids is 1. The molecule has 0 aliphatic carbocycles. The average molecular weight is 440 g/mol. The third-order valence-corrected chi connectivity index (χ3v) is 5.76. The van der Waals surface area contributed by atoms with E-state index in [0.29, 0.717) is 34.6 Å². The van der Waals surface area contributed by atoms with E-state index in [-0.39, 0.29) is 5.91 Å². The molecule has 0 spiro atoms. The number of anilines is 1. The van der Waals surface area contributed by atoms with Crippen LogP contribution in [0.3, 0.4) is 0 Å². The second-order valence-electron chi connectivity index (χ2n) is 6.72. The second-order valence-corrected chi connectivity index (χ2v) is 8.40. The number of allylic oxidation sites excluding steroid dienone is 1. The second kappa shape index (κ2) is 9.96. The number of nitrogens with zero attached hydrogens (tertiary/aromatic N) is 1. The van der Waals surface area contributed by atoms with E-state index in [2.05, 4.69) is 6.58 Å². The molecule has 6 heteroatoms. The highest BCUT2D eigenvalue weighted by molar-refractivity contribution is 8.27. The minimum Gasteiger partial charge on any atom is -0.490 e. The highest BCUT2D eigenvalue weighted by Gasteiger charge is 2.33. The lowest BCUT2D eigenvalue weighted by molar-refractivity contribution is -0.113. The summed E-state index contributed by atoms with van der Waals surface area (Å²) in [6, 6.07) is 11.7. The number of thiocarbonyl (C=S) groups is 1. The zero-order chi connectivity index (χ0) is 21.7. The molecule has 2 aromatic carbocycles. The van der Waals surface area contributed by atoms with Crippen LogP contribution in [0, 0.1) is 6.92 Å². The molecule has 1 aliphatic heterocycles. The third kappa shape index (κ3) is 4.77. The van der Waals surface area contributed by atoms with Crippen molar-refractivity contribution in [1.29, 1.82) is 0 Å². The zero-order valence-electron chi connectivity index (χ0n) is 17.4. The Hall–Kier alpha value is -2.57. The Morgan fingerprint density at radius 3 is 2.60 bits per heavy atom. The lowest BCUT2D eigenvalue weighted by Gasteiger charge is -2.16. The molecule has 1 heterocycles. The van der Waals surface area contributed by atoms with Gasteiger partial charge in [-0.3, -0.25) is 9.69 Å². The lowest BCUT2D eigenvalue weighted by atomic mass is 10.0. The fourth-order valence-corrected chi connectivity index (χ4v) is 4.55. The molecule has 156 valence electrons. The first-order valence-corrected chi connectivity index (χ1v) is 11.1. The third-order valence-electron chi connectivity index (χ3n) is 4.46. The maximum Gasteiger partial charge on any atom is 0.270 e. The predicted octanol–water partition coefficient (Wildman–Crippen LogP) is 5.93. The van der Waals surface area contributed by atoms with Crippen molar-refractivity contribution in [2.24, 2.45) is 0 Å². The lowest BCUT2D eigenvalue weighted by Crippen LogP contribution is -2.27. The van der Waals surface area contributed by atoms with Gasteiger partial charge in [0.05, 0.1) is 23.8 Å². The van der Waals surface area contributed by atoms with Gasteiger partial charge in [-0.1, -0.05) is 42.2 Å². The van der Waals surface area contributed by atoms with E-state index in [1.807, 2.05) is 69.3 Å². The summed E-state index contributed by atoms with van der Waals surface area (Å²) < 4.78 is 12.2. The Bertz CT molecular complexity index is 1010. The van der Waals surface area contributed by atoms with Crippen LogP contribution in [0.4, 0.5) is 5.69 Å². The van der Waals surface area contributed by atoms with Crippen molar-refractivity contribution in [1.82, 2.24) is 0 Å². The van der Waals surface area contributed by atoms with Crippen LogP contribution in [0.15, 0.2) is 54.0 Å². The number of hydrogen-bond acceptors (Lipinski definition) is 5. The summed E-state index contributed by atoms with van der Waals surface area (Å²) in [6.07, 6.45) is 4.33. The molecule has 0 atom stereocenters. The van der Waals surface area contributed by atoms with E-state index in [1.165, 1.54) is 11.8 Å². The maximum absolute atomic E-state index is 13.1. The highest BCUT2D eigenvalue weighted by Crippen LogP contribution is 2.39. The van der Waals surface area contributed by atoms with Crippen LogP contribution in [0.25, 0.3) is 6.08 Å². The van der Waals surface area contributed by atoms with Crippen molar-refractivity contribution in [3.8, 4) is 11.5 Å². The zero-order valence-corrected chi connectivity index (χ0v) is 19.1. The number of amides is 1. The van der Waals surface area contributed by atoms with Gasteiger partial charge in [-0.2, -0.15) is 0 Å².